The zero-order valence-corrected chi connectivity index (χ0v) is 23.1. The van der Waals surface area contributed by atoms with E-state index >= 15 is 0 Å². The van der Waals surface area contributed by atoms with Crippen molar-refractivity contribution in [1.82, 2.24) is 30.0 Å². The van der Waals surface area contributed by atoms with Crippen LogP contribution in [0.1, 0.15) is 54.0 Å². The van der Waals surface area contributed by atoms with Gasteiger partial charge in [-0.2, -0.15) is 5.10 Å². The summed E-state index contributed by atoms with van der Waals surface area (Å²) in [6, 6.07) is 3.71. The monoisotopic (exact) mass is 526 g/mol. The summed E-state index contributed by atoms with van der Waals surface area (Å²) in [6.07, 6.45) is 2.29. The lowest BCUT2D eigenvalue weighted by atomic mass is 9.86. The van der Waals surface area contributed by atoms with Crippen molar-refractivity contribution in [3.63, 3.8) is 0 Å². The number of ether oxygens (including phenoxy) is 1. The number of benzene rings is 1. The van der Waals surface area contributed by atoms with E-state index in [4.69, 9.17) is 16.3 Å². The lowest BCUT2D eigenvalue weighted by molar-refractivity contribution is -0.125. The van der Waals surface area contributed by atoms with Crippen LogP contribution >= 0.6 is 11.6 Å². The molecule has 1 aliphatic rings. The van der Waals surface area contributed by atoms with E-state index in [2.05, 4.69) is 53.9 Å². The van der Waals surface area contributed by atoms with E-state index in [0.717, 1.165) is 28.0 Å². The number of aromatic amines is 1. The summed E-state index contributed by atoms with van der Waals surface area (Å²) in [6.45, 7) is 12.6. The summed E-state index contributed by atoms with van der Waals surface area (Å²) >= 11 is 6.51. The number of imidazole rings is 1. The minimum Gasteiger partial charge on any atom is -0.377 e. The topological polar surface area (TPSA) is 105 Å². The third-order valence-corrected chi connectivity index (χ3v) is 7.39. The third kappa shape index (κ3) is 5.29. The fraction of sp³-hybridized carbons (Fsp3) is 0.481. The Labute approximate surface area is 222 Å². The highest BCUT2D eigenvalue weighted by molar-refractivity contribution is 6.32. The number of hydrogen-bond donors (Lipinski definition) is 2. The Balaban J connectivity index is 1.50. The molecule has 37 heavy (non-hydrogen) atoms. The molecule has 0 saturated carbocycles. The minimum atomic E-state index is -0.320. The highest BCUT2D eigenvalue weighted by Gasteiger charge is 2.36. The molecule has 0 unspecified atom stereocenters. The minimum absolute atomic E-state index is 0.0873. The van der Waals surface area contributed by atoms with E-state index in [1.165, 1.54) is 6.08 Å². The molecule has 3 heterocycles. The number of carbonyl (C=O) groups excluding carboxylic acids is 2. The summed E-state index contributed by atoms with van der Waals surface area (Å²) < 4.78 is 7.36. The first kappa shape index (κ1) is 26.9. The normalized spacial score (nSPS) is 18.0. The van der Waals surface area contributed by atoms with E-state index in [-0.39, 0.29) is 29.4 Å². The molecule has 0 bridgehead atoms. The van der Waals surface area contributed by atoms with Gasteiger partial charge in [-0.15, -0.1) is 0 Å². The fourth-order valence-electron chi connectivity index (χ4n) is 5.02. The number of amides is 2. The highest BCUT2D eigenvalue weighted by atomic mass is 35.5. The smallest absolute Gasteiger partial charge is 0.270 e. The molecule has 198 valence electrons. The van der Waals surface area contributed by atoms with Crippen molar-refractivity contribution in [1.29, 1.82) is 0 Å². The van der Waals surface area contributed by atoms with Crippen LogP contribution in [-0.4, -0.2) is 68.8 Å². The van der Waals surface area contributed by atoms with Crippen LogP contribution in [0.4, 0.5) is 0 Å². The van der Waals surface area contributed by atoms with Gasteiger partial charge in [0.2, 0.25) is 5.91 Å². The van der Waals surface area contributed by atoms with Crippen LogP contribution in [-0.2, 0) is 34.8 Å². The molecule has 2 N–H and O–H groups in total. The van der Waals surface area contributed by atoms with Gasteiger partial charge in [0.05, 0.1) is 23.4 Å². The Bertz CT molecular complexity index is 1350. The molecule has 0 aliphatic carbocycles. The van der Waals surface area contributed by atoms with Gasteiger partial charge >= 0.3 is 0 Å². The quantitative estimate of drug-likeness (QED) is 0.458. The Hall–Kier alpha value is -3.17. The molecular formula is C27H35ClN6O3. The van der Waals surface area contributed by atoms with E-state index in [1.54, 1.807) is 12.0 Å². The number of hydrogen-bond acceptors (Lipinski definition) is 5. The molecule has 2 amide bonds. The molecule has 0 spiro atoms. The summed E-state index contributed by atoms with van der Waals surface area (Å²) in [5.41, 5.74) is 3.97. The molecule has 2 aromatic heterocycles. The van der Waals surface area contributed by atoms with Gasteiger partial charge in [0.15, 0.2) is 0 Å². The van der Waals surface area contributed by atoms with Crippen LogP contribution in [0.3, 0.4) is 0 Å². The predicted octanol–water partition coefficient (Wildman–Crippen LogP) is 3.48. The van der Waals surface area contributed by atoms with Gasteiger partial charge in [-0.25, -0.2) is 4.98 Å². The average molecular weight is 527 g/mol. The molecule has 3 aromatic rings. The average Bonchev–Trinajstić information content (AvgIpc) is 3.50. The fourth-order valence-corrected chi connectivity index (χ4v) is 5.46. The molecule has 1 fully saturated rings. The lowest BCUT2D eigenvalue weighted by Crippen LogP contribution is -2.44. The molecule has 9 nitrogen and oxygen atoms in total. The van der Waals surface area contributed by atoms with Crippen molar-refractivity contribution in [2.24, 2.45) is 7.05 Å². The van der Waals surface area contributed by atoms with Gasteiger partial charge in [-0.1, -0.05) is 39.0 Å². The number of nitrogens with one attached hydrogen (secondary N) is 2. The van der Waals surface area contributed by atoms with E-state index in [1.807, 2.05) is 24.6 Å². The van der Waals surface area contributed by atoms with Crippen LogP contribution in [0, 0.1) is 6.92 Å². The summed E-state index contributed by atoms with van der Waals surface area (Å²) in [5.74, 6) is 0.379. The van der Waals surface area contributed by atoms with Gasteiger partial charge in [-0.05, 0) is 42.5 Å². The molecule has 10 heteroatoms. The maximum atomic E-state index is 13.3. The standard InChI is InChI=1S/C27H35ClN6O3/c1-8-24(35)34-13-21(22(14-34)37-7)30-26(36)25-15(2)29-23(33(25)6)10-9-19-16-11-17(27(3,4)5)18(28)12-20(16)32-31-19/h8,11-12,21-22H,1,9-10,13-14H2,2-7H3,(H,30,36)(H,31,32)/t21-,22+/m0/s1. The van der Waals surface area contributed by atoms with Gasteiger partial charge in [-0.3, -0.25) is 14.7 Å². The Morgan fingerprint density at radius 3 is 2.68 bits per heavy atom. The maximum absolute atomic E-state index is 13.3. The summed E-state index contributed by atoms with van der Waals surface area (Å²) in [7, 11) is 3.43. The number of likely N-dealkylation sites (tertiary alicyclic amines) is 1. The van der Waals surface area contributed by atoms with Crippen LogP contribution < -0.4 is 5.32 Å². The van der Waals surface area contributed by atoms with Crippen LogP contribution in [0.15, 0.2) is 24.8 Å². The van der Waals surface area contributed by atoms with Crippen LogP contribution in [0.2, 0.25) is 5.02 Å². The van der Waals surface area contributed by atoms with Crippen molar-refractivity contribution in [2.75, 3.05) is 20.2 Å². The second kappa shape index (κ2) is 10.3. The van der Waals surface area contributed by atoms with Crippen molar-refractivity contribution >= 4 is 34.3 Å². The predicted molar refractivity (Wildman–Crippen MR) is 144 cm³/mol. The molecule has 1 aromatic carbocycles. The van der Waals surface area contributed by atoms with Crippen molar-refractivity contribution < 1.29 is 14.3 Å². The zero-order chi connectivity index (χ0) is 27.1. The maximum Gasteiger partial charge on any atom is 0.270 e. The summed E-state index contributed by atoms with van der Waals surface area (Å²) in [5, 5.41) is 12.4. The number of halogens is 1. The van der Waals surface area contributed by atoms with E-state index in [0.29, 0.717) is 42.3 Å². The first-order valence-corrected chi connectivity index (χ1v) is 12.8. The van der Waals surface area contributed by atoms with E-state index < -0.39 is 0 Å². The van der Waals surface area contributed by atoms with Gasteiger partial charge in [0, 0.05) is 49.8 Å². The van der Waals surface area contributed by atoms with Crippen LogP contribution in [0.5, 0.6) is 0 Å². The lowest BCUT2D eigenvalue weighted by Gasteiger charge is -2.20. The van der Waals surface area contributed by atoms with Gasteiger partial charge < -0.3 is 19.5 Å². The summed E-state index contributed by atoms with van der Waals surface area (Å²) in [4.78, 5) is 31.6. The van der Waals surface area contributed by atoms with E-state index in [9.17, 15) is 9.59 Å². The number of nitrogens with zero attached hydrogens (tertiary/aromatic N) is 4. The second-order valence-electron chi connectivity index (χ2n) is 10.6. The van der Waals surface area contributed by atoms with Crippen molar-refractivity contribution in [3.8, 4) is 0 Å². The first-order chi connectivity index (χ1) is 17.4. The zero-order valence-electron chi connectivity index (χ0n) is 22.3. The molecule has 2 atom stereocenters. The number of methoxy groups -OCH3 is 1. The number of rotatable bonds is 7. The highest BCUT2D eigenvalue weighted by Crippen LogP contribution is 2.33. The first-order valence-electron chi connectivity index (χ1n) is 12.4. The van der Waals surface area contributed by atoms with Gasteiger partial charge in [0.25, 0.3) is 5.91 Å². The van der Waals surface area contributed by atoms with Crippen molar-refractivity contribution in [3.05, 3.63) is 58.3 Å². The largest absolute Gasteiger partial charge is 0.377 e. The molecule has 1 aliphatic heterocycles. The number of carbonyl (C=O) groups is 2. The molecule has 1 saturated heterocycles. The Morgan fingerprint density at radius 2 is 2.03 bits per heavy atom. The number of aromatic nitrogens is 4. The third-order valence-electron chi connectivity index (χ3n) is 7.08. The number of aryl methyl sites for hydroxylation is 3. The number of fused-ring (bicyclic) bond motifs is 1. The number of H-pyrrole nitrogens is 1. The molecule has 0 radical (unpaired) electrons. The molecular weight excluding hydrogens is 492 g/mol. The second-order valence-corrected chi connectivity index (χ2v) is 11.0. The Kier molecular flexibility index (Phi) is 7.48. The van der Waals surface area contributed by atoms with Crippen molar-refractivity contribution in [2.45, 2.75) is 58.1 Å². The molecule has 4 rings (SSSR count). The Morgan fingerprint density at radius 1 is 1.30 bits per heavy atom. The SMILES string of the molecule is C=CC(=O)N1C[C@H](NC(=O)c2c(C)nc(CCc3[nH]nc4cc(Cl)c(C(C)(C)C)cc34)n2C)[C@H](OC)C1. The van der Waals surface area contributed by atoms with Gasteiger partial charge in [0.1, 0.15) is 11.5 Å². The van der Waals surface area contributed by atoms with Crippen LogP contribution in [0.25, 0.3) is 10.9 Å².